The van der Waals surface area contributed by atoms with Crippen LogP contribution < -0.4 is 0 Å². The lowest BCUT2D eigenvalue weighted by Crippen LogP contribution is -2.15. The predicted molar refractivity (Wildman–Crippen MR) is 50.7 cm³/mol. The van der Waals surface area contributed by atoms with Crippen molar-refractivity contribution in [1.82, 2.24) is 0 Å². The molecule has 2 unspecified atom stereocenters. The number of aliphatic hydroxyl groups is 1. The van der Waals surface area contributed by atoms with Crippen LogP contribution >= 0.6 is 0 Å². The average molecular weight is 250 g/mol. The van der Waals surface area contributed by atoms with E-state index in [1.807, 2.05) is 0 Å². The Morgan fingerprint density at radius 3 is 2.47 bits per heavy atom. The summed E-state index contributed by atoms with van der Waals surface area (Å²) in [6.45, 7) is 0.270. The molecular weight excluding hydrogens is 240 g/mol. The first-order valence-electron chi connectivity index (χ1n) is 5.06. The van der Waals surface area contributed by atoms with Gasteiger partial charge in [-0.1, -0.05) is 6.07 Å². The molecule has 2 rings (SSSR count). The van der Waals surface area contributed by atoms with Crippen LogP contribution in [0.5, 0.6) is 0 Å². The highest BCUT2D eigenvalue weighted by atomic mass is 19.4. The average Bonchev–Trinajstić information content (AvgIpc) is 2.63. The Kier molecular flexibility index (Phi) is 3.09. The van der Waals surface area contributed by atoms with Crippen LogP contribution in [-0.4, -0.2) is 17.8 Å². The van der Waals surface area contributed by atoms with Gasteiger partial charge in [0.05, 0.1) is 18.3 Å². The summed E-state index contributed by atoms with van der Waals surface area (Å²) in [5, 5.41) is 9.48. The molecule has 0 spiro atoms. The van der Waals surface area contributed by atoms with Crippen molar-refractivity contribution in [3.63, 3.8) is 0 Å². The highest BCUT2D eigenvalue weighted by molar-refractivity contribution is 5.28. The van der Waals surface area contributed by atoms with E-state index in [-0.39, 0.29) is 12.2 Å². The quantitative estimate of drug-likeness (QED) is 0.776. The Hall–Kier alpha value is -1.14. The number of alkyl halides is 3. The maximum atomic E-state index is 13.5. The van der Waals surface area contributed by atoms with E-state index >= 15 is 0 Å². The molecule has 6 heteroatoms. The summed E-state index contributed by atoms with van der Waals surface area (Å²) in [5.74, 6) is -1.01. The first-order chi connectivity index (χ1) is 7.89. The first kappa shape index (κ1) is 12.3. The van der Waals surface area contributed by atoms with Gasteiger partial charge < -0.3 is 9.84 Å². The van der Waals surface area contributed by atoms with Crippen LogP contribution in [0.2, 0.25) is 0 Å². The number of benzene rings is 1. The van der Waals surface area contributed by atoms with Gasteiger partial charge in [0.25, 0.3) is 0 Å². The zero-order chi connectivity index (χ0) is 12.6. The molecule has 0 aliphatic carbocycles. The smallest absolute Gasteiger partial charge is 0.390 e. The summed E-state index contributed by atoms with van der Waals surface area (Å²) in [6.07, 6.45) is -5.97. The molecule has 0 aromatic heterocycles. The van der Waals surface area contributed by atoms with Gasteiger partial charge in [0.1, 0.15) is 11.9 Å². The summed E-state index contributed by atoms with van der Waals surface area (Å²) in [7, 11) is 0. The minimum Gasteiger partial charge on any atom is -0.390 e. The van der Waals surface area contributed by atoms with Gasteiger partial charge >= 0.3 is 6.18 Å². The second kappa shape index (κ2) is 4.27. The van der Waals surface area contributed by atoms with Crippen LogP contribution in [-0.2, 0) is 10.9 Å². The van der Waals surface area contributed by atoms with Crippen LogP contribution in [0.25, 0.3) is 0 Å². The van der Waals surface area contributed by atoms with Gasteiger partial charge in [-0.05, 0) is 18.6 Å². The Morgan fingerprint density at radius 1 is 1.29 bits per heavy atom. The molecular formula is C11H10F4O2. The third kappa shape index (κ3) is 2.42. The molecule has 2 atom stereocenters. The Balaban J connectivity index is 2.32. The number of ether oxygens (including phenoxy) is 1. The van der Waals surface area contributed by atoms with E-state index < -0.39 is 29.8 Å². The van der Waals surface area contributed by atoms with Crippen molar-refractivity contribution in [1.29, 1.82) is 0 Å². The van der Waals surface area contributed by atoms with Crippen molar-refractivity contribution < 1.29 is 27.4 Å². The van der Waals surface area contributed by atoms with Crippen molar-refractivity contribution in [3.8, 4) is 0 Å². The number of rotatable bonds is 1. The summed E-state index contributed by atoms with van der Waals surface area (Å²) < 4.78 is 55.5. The lowest BCUT2D eigenvalue weighted by atomic mass is 10.0. The second-order valence-corrected chi connectivity index (χ2v) is 3.88. The van der Waals surface area contributed by atoms with Gasteiger partial charge in [-0.15, -0.1) is 0 Å². The zero-order valence-electron chi connectivity index (χ0n) is 8.67. The zero-order valence-corrected chi connectivity index (χ0v) is 8.67. The van der Waals surface area contributed by atoms with E-state index in [0.29, 0.717) is 12.5 Å². The molecule has 0 amide bonds. The second-order valence-electron chi connectivity index (χ2n) is 3.88. The molecule has 1 aromatic carbocycles. The highest BCUT2D eigenvalue weighted by Crippen LogP contribution is 2.34. The van der Waals surface area contributed by atoms with E-state index in [4.69, 9.17) is 4.74 Å². The molecule has 0 bridgehead atoms. The molecule has 1 aliphatic heterocycles. The monoisotopic (exact) mass is 250 g/mol. The number of aliphatic hydroxyl groups excluding tert-OH is 1. The van der Waals surface area contributed by atoms with Crippen LogP contribution in [0.3, 0.4) is 0 Å². The lowest BCUT2D eigenvalue weighted by molar-refractivity contribution is -0.137. The normalized spacial score (nSPS) is 25.2. The molecule has 1 aromatic rings. The molecule has 1 N–H and O–H groups in total. The van der Waals surface area contributed by atoms with Crippen molar-refractivity contribution in [2.24, 2.45) is 0 Å². The largest absolute Gasteiger partial charge is 0.416 e. The van der Waals surface area contributed by atoms with E-state index in [1.165, 1.54) is 0 Å². The molecule has 1 saturated heterocycles. The number of hydrogen-bond acceptors (Lipinski definition) is 2. The molecule has 2 nitrogen and oxygen atoms in total. The summed E-state index contributed by atoms with van der Waals surface area (Å²) in [5.41, 5.74) is -1.09. The van der Waals surface area contributed by atoms with Gasteiger partial charge in [0, 0.05) is 5.56 Å². The van der Waals surface area contributed by atoms with Crippen molar-refractivity contribution in [2.45, 2.75) is 24.8 Å². The van der Waals surface area contributed by atoms with Gasteiger partial charge in [0.2, 0.25) is 0 Å². The minimum absolute atomic E-state index is 0.0389. The summed E-state index contributed by atoms with van der Waals surface area (Å²) >= 11 is 0. The van der Waals surface area contributed by atoms with Crippen LogP contribution in [0.15, 0.2) is 18.2 Å². The van der Waals surface area contributed by atoms with Crippen molar-refractivity contribution >= 4 is 0 Å². The van der Waals surface area contributed by atoms with E-state index in [2.05, 4.69) is 0 Å². The van der Waals surface area contributed by atoms with Crippen LogP contribution in [0.1, 0.15) is 23.7 Å². The molecule has 1 aliphatic rings. The van der Waals surface area contributed by atoms with E-state index in [1.54, 1.807) is 0 Å². The Morgan fingerprint density at radius 2 is 2.00 bits per heavy atom. The Labute approximate surface area is 94.8 Å². The molecule has 0 saturated carbocycles. The van der Waals surface area contributed by atoms with Crippen molar-refractivity contribution in [2.75, 3.05) is 6.61 Å². The molecule has 0 radical (unpaired) electrons. The summed E-state index contributed by atoms with van der Waals surface area (Å²) in [6, 6.07) is 2.22. The van der Waals surface area contributed by atoms with Gasteiger partial charge in [-0.25, -0.2) is 4.39 Å². The van der Waals surface area contributed by atoms with Gasteiger partial charge in [0.15, 0.2) is 0 Å². The maximum Gasteiger partial charge on any atom is 0.416 e. The molecule has 17 heavy (non-hydrogen) atoms. The Bertz CT molecular complexity index is 416. The number of hydrogen-bond donors (Lipinski definition) is 1. The predicted octanol–water partition coefficient (Wildman–Crippen LogP) is 2.67. The van der Waals surface area contributed by atoms with Crippen LogP contribution in [0, 0.1) is 5.82 Å². The molecule has 1 heterocycles. The third-order valence-corrected chi connectivity index (χ3v) is 2.69. The van der Waals surface area contributed by atoms with E-state index in [0.717, 1.165) is 12.1 Å². The molecule has 1 fully saturated rings. The summed E-state index contributed by atoms with van der Waals surface area (Å²) in [4.78, 5) is 0. The van der Waals surface area contributed by atoms with E-state index in [9.17, 15) is 22.7 Å². The van der Waals surface area contributed by atoms with Gasteiger partial charge in [-0.2, -0.15) is 13.2 Å². The topological polar surface area (TPSA) is 29.5 Å². The third-order valence-electron chi connectivity index (χ3n) is 2.69. The SMILES string of the molecule is OC1CCOC1c1ccc(C(F)(F)F)cc1F. The maximum absolute atomic E-state index is 13.5. The number of halogens is 4. The standard InChI is InChI=1S/C11H10F4O2/c12-8-5-6(11(13,14)15)1-2-7(8)10-9(16)3-4-17-10/h1-2,5,9-10,16H,3-4H2. The fourth-order valence-corrected chi connectivity index (χ4v) is 1.81. The minimum atomic E-state index is -4.57. The van der Waals surface area contributed by atoms with Gasteiger partial charge in [-0.3, -0.25) is 0 Å². The van der Waals surface area contributed by atoms with Crippen molar-refractivity contribution in [3.05, 3.63) is 35.1 Å². The first-order valence-corrected chi connectivity index (χ1v) is 5.06. The highest BCUT2D eigenvalue weighted by Gasteiger charge is 2.34. The lowest BCUT2D eigenvalue weighted by Gasteiger charge is -2.16. The van der Waals surface area contributed by atoms with Crippen LogP contribution in [0.4, 0.5) is 17.6 Å². The fourth-order valence-electron chi connectivity index (χ4n) is 1.81. The fraction of sp³-hybridized carbons (Fsp3) is 0.455. The molecule has 94 valence electrons.